The van der Waals surface area contributed by atoms with E-state index in [2.05, 4.69) is 9.05 Å². The molecule has 0 aliphatic carbocycles. The van der Waals surface area contributed by atoms with Crippen molar-refractivity contribution in [2.45, 2.75) is 0 Å². The molecule has 2 rings (SSSR count). The van der Waals surface area contributed by atoms with E-state index in [0.717, 1.165) is 12.1 Å². The van der Waals surface area contributed by atoms with E-state index in [1.165, 1.54) is 36.4 Å². The summed E-state index contributed by atoms with van der Waals surface area (Å²) in [5, 5.41) is 17.7. The van der Waals surface area contributed by atoms with Gasteiger partial charge >= 0.3 is 134 Å². The van der Waals surface area contributed by atoms with Gasteiger partial charge in [-0.1, -0.05) is 0 Å². The van der Waals surface area contributed by atoms with Gasteiger partial charge < -0.3 is 0 Å². The molecule has 0 aromatic heterocycles. The fourth-order valence-electron chi connectivity index (χ4n) is 1.76. The minimum absolute atomic E-state index is 0.215. The zero-order chi connectivity index (χ0) is 18.0. The molecular weight excluding hydrogens is 343 g/mol. The maximum atomic E-state index is 10.9. The first kappa shape index (κ1) is 17.6. The zero-order valence-electron chi connectivity index (χ0n) is 11.9. The molecule has 0 unspecified atom stereocenters. The van der Waals surface area contributed by atoms with Crippen molar-refractivity contribution < 1.29 is 43.5 Å². The van der Waals surface area contributed by atoms with Crippen molar-refractivity contribution >= 4 is 19.7 Å². The first-order chi connectivity index (χ1) is 11.0. The standard InChI is InChI=1S/C14H13O9P/c15-13(16)9-3-1-5-11(7-9)22-24(19,20,21)23-12-6-2-4-10(8-12)14(17)18/h1-8,19-21H,(H,15,16)(H,17,18). The second kappa shape index (κ2) is 6.06. The van der Waals surface area contributed by atoms with Crippen molar-refractivity contribution in [1.82, 2.24) is 0 Å². The molecule has 0 aliphatic rings. The van der Waals surface area contributed by atoms with E-state index in [9.17, 15) is 24.3 Å². The van der Waals surface area contributed by atoms with Gasteiger partial charge in [0, 0.05) is 0 Å². The number of carboxylic acids is 2. The Balaban J connectivity index is 2.26. The van der Waals surface area contributed by atoms with E-state index in [0.29, 0.717) is 0 Å². The summed E-state index contributed by atoms with van der Waals surface area (Å²) in [5.74, 6) is -3.31. The van der Waals surface area contributed by atoms with Crippen LogP contribution in [-0.4, -0.2) is 36.8 Å². The monoisotopic (exact) mass is 356 g/mol. The van der Waals surface area contributed by atoms with Crippen molar-refractivity contribution in [3.05, 3.63) is 59.7 Å². The summed E-state index contributed by atoms with van der Waals surface area (Å²) in [6.07, 6.45) is 0. The van der Waals surface area contributed by atoms with Gasteiger partial charge in [0.15, 0.2) is 0 Å². The summed E-state index contributed by atoms with van der Waals surface area (Å²) < 4.78 is 9.30. The summed E-state index contributed by atoms with van der Waals surface area (Å²) in [6, 6.07) is 9.22. The van der Waals surface area contributed by atoms with E-state index in [4.69, 9.17) is 10.2 Å². The number of carboxylic acid groups (broad SMARTS) is 2. The normalized spacial score (nSPS) is 12.7. The van der Waals surface area contributed by atoms with Crippen LogP contribution in [0.5, 0.6) is 11.5 Å². The van der Waals surface area contributed by atoms with Gasteiger partial charge in [-0.2, -0.15) is 0 Å². The predicted molar refractivity (Wildman–Crippen MR) is 81.6 cm³/mol. The Bertz CT molecular complexity index is 731. The van der Waals surface area contributed by atoms with Gasteiger partial charge in [0.25, 0.3) is 0 Å². The van der Waals surface area contributed by atoms with Crippen LogP contribution in [0, 0.1) is 0 Å². The molecule has 5 N–H and O–H groups in total. The molecule has 0 heterocycles. The van der Waals surface area contributed by atoms with Gasteiger partial charge in [-0.15, -0.1) is 0 Å². The topological polar surface area (TPSA) is 154 Å². The zero-order valence-corrected chi connectivity index (χ0v) is 12.8. The molecule has 0 saturated heterocycles. The average molecular weight is 356 g/mol. The van der Waals surface area contributed by atoms with Crippen molar-refractivity contribution in [2.75, 3.05) is 0 Å². The fourth-order valence-corrected chi connectivity index (χ4v) is 2.76. The Hall–Kier alpha value is -2.71. The van der Waals surface area contributed by atoms with Crippen LogP contribution in [0.15, 0.2) is 48.5 Å². The SMILES string of the molecule is O=C(O)c1cccc(OP(O)(O)(O)Oc2cccc(C(=O)O)c2)c1. The number of hydrogen-bond acceptors (Lipinski definition) is 7. The first-order valence-corrected chi connectivity index (χ1v) is 8.30. The minimum atomic E-state index is -6.17. The van der Waals surface area contributed by atoms with E-state index in [1.807, 2.05) is 0 Å². The number of hydrogen-bond donors (Lipinski definition) is 5. The molecule has 0 fully saturated rings. The number of benzene rings is 2. The predicted octanol–water partition coefficient (Wildman–Crippen LogP) is 1.65. The van der Waals surface area contributed by atoms with E-state index in [1.54, 1.807) is 0 Å². The molecule has 0 saturated carbocycles. The van der Waals surface area contributed by atoms with Crippen LogP contribution in [0.4, 0.5) is 0 Å². The Labute approximate surface area is 135 Å². The Kier molecular flexibility index (Phi) is 4.46. The molecule has 9 nitrogen and oxygen atoms in total. The van der Waals surface area contributed by atoms with Crippen molar-refractivity contribution in [2.24, 2.45) is 0 Å². The van der Waals surface area contributed by atoms with Crippen molar-refractivity contribution in [3.8, 4) is 11.5 Å². The molecule has 128 valence electrons. The Morgan fingerprint density at radius 3 is 1.46 bits per heavy atom. The second-order valence-electron chi connectivity index (χ2n) is 4.68. The molecule has 0 radical (unpaired) electrons. The van der Waals surface area contributed by atoms with Gasteiger partial charge in [0.2, 0.25) is 0 Å². The van der Waals surface area contributed by atoms with E-state index < -0.39 is 19.7 Å². The number of aromatic carboxylic acids is 2. The summed E-state index contributed by atoms with van der Waals surface area (Å²) in [4.78, 5) is 51.3. The van der Waals surface area contributed by atoms with E-state index >= 15 is 0 Å². The summed E-state index contributed by atoms with van der Waals surface area (Å²) >= 11 is 0. The van der Waals surface area contributed by atoms with Gasteiger partial charge in [0.05, 0.1) is 0 Å². The molecule has 0 spiro atoms. The van der Waals surface area contributed by atoms with Crippen molar-refractivity contribution in [3.63, 3.8) is 0 Å². The van der Waals surface area contributed by atoms with Crippen molar-refractivity contribution in [1.29, 1.82) is 0 Å². The fraction of sp³-hybridized carbons (Fsp3) is 0. The van der Waals surface area contributed by atoms with Crippen LogP contribution >= 0.6 is 7.74 Å². The summed E-state index contributed by atoms with van der Waals surface area (Å²) in [7, 11) is -6.17. The van der Waals surface area contributed by atoms with Crippen LogP contribution in [0.3, 0.4) is 0 Å². The van der Waals surface area contributed by atoms with Gasteiger partial charge in [-0.3, -0.25) is 0 Å². The van der Waals surface area contributed by atoms with Gasteiger partial charge in [-0.25, -0.2) is 0 Å². The van der Waals surface area contributed by atoms with Gasteiger partial charge in [-0.05, 0) is 0 Å². The number of rotatable bonds is 6. The van der Waals surface area contributed by atoms with Crippen LogP contribution in [0.2, 0.25) is 0 Å². The summed E-state index contributed by atoms with van der Waals surface area (Å²) in [5.41, 5.74) is -0.431. The third kappa shape index (κ3) is 4.64. The van der Waals surface area contributed by atoms with E-state index in [-0.39, 0.29) is 22.6 Å². The van der Waals surface area contributed by atoms with Crippen LogP contribution in [-0.2, 0) is 0 Å². The molecular formula is C14H13O9P. The molecule has 0 atom stereocenters. The summed E-state index contributed by atoms with van der Waals surface area (Å²) in [6.45, 7) is 0. The maximum absolute atomic E-state index is 10.9. The Morgan fingerprint density at radius 2 is 1.12 bits per heavy atom. The first-order valence-electron chi connectivity index (χ1n) is 6.37. The molecule has 24 heavy (non-hydrogen) atoms. The molecule has 0 amide bonds. The molecule has 2 aromatic rings. The average Bonchev–Trinajstić information content (AvgIpc) is 2.45. The van der Waals surface area contributed by atoms with Crippen LogP contribution < -0.4 is 9.05 Å². The third-order valence-corrected chi connectivity index (χ3v) is 3.75. The van der Waals surface area contributed by atoms with Crippen LogP contribution in [0.25, 0.3) is 0 Å². The van der Waals surface area contributed by atoms with Gasteiger partial charge in [0.1, 0.15) is 0 Å². The molecule has 0 aliphatic heterocycles. The number of carbonyl (C=O) groups is 2. The second-order valence-corrected chi connectivity index (χ2v) is 6.71. The quantitative estimate of drug-likeness (QED) is 0.486. The molecule has 10 heteroatoms. The molecule has 0 bridgehead atoms. The molecule has 2 aromatic carbocycles. The third-order valence-electron chi connectivity index (χ3n) is 2.69. The van der Waals surface area contributed by atoms with Crippen LogP contribution in [0.1, 0.15) is 20.7 Å². The Morgan fingerprint density at radius 1 is 0.750 bits per heavy atom.